The van der Waals surface area contributed by atoms with Gasteiger partial charge in [-0.2, -0.15) is 0 Å². The highest BCUT2D eigenvalue weighted by molar-refractivity contribution is 5.97. The zero-order valence-electron chi connectivity index (χ0n) is 19.4. The molecule has 3 aromatic rings. The van der Waals surface area contributed by atoms with Gasteiger partial charge in [0.1, 0.15) is 16.9 Å². The van der Waals surface area contributed by atoms with Crippen LogP contribution in [0.5, 0.6) is 17.2 Å². The second kappa shape index (κ2) is 10.9. The Labute approximate surface area is 201 Å². The van der Waals surface area contributed by atoms with Crippen LogP contribution in [0.1, 0.15) is 28.8 Å². The lowest BCUT2D eigenvalue weighted by Gasteiger charge is -2.10. The summed E-state index contributed by atoms with van der Waals surface area (Å²) < 4.78 is 26.5. The lowest BCUT2D eigenvalue weighted by molar-refractivity contribution is -0.128. The predicted molar refractivity (Wildman–Crippen MR) is 128 cm³/mol. The van der Waals surface area contributed by atoms with Crippen LogP contribution in [-0.4, -0.2) is 45.4 Å². The minimum atomic E-state index is -0.779. The van der Waals surface area contributed by atoms with E-state index in [4.69, 9.17) is 23.4 Å². The molecule has 1 atom stereocenters. The van der Waals surface area contributed by atoms with Gasteiger partial charge in [0.05, 0.1) is 20.3 Å². The summed E-state index contributed by atoms with van der Waals surface area (Å²) in [6.45, 7) is 1.01. The summed E-state index contributed by atoms with van der Waals surface area (Å²) in [5, 5.41) is 3.23. The number of hydrogen-bond donors (Lipinski definition) is 1. The number of hydrogen-bond acceptors (Lipinski definition) is 8. The predicted octanol–water partition coefficient (Wildman–Crippen LogP) is 3.34. The normalized spacial score (nSPS) is 15.3. The molecule has 9 nitrogen and oxygen atoms in total. The van der Waals surface area contributed by atoms with Gasteiger partial charge in [-0.25, -0.2) is 9.59 Å². The number of methoxy groups -OCH3 is 2. The fourth-order valence-corrected chi connectivity index (χ4v) is 3.69. The van der Waals surface area contributed by atoms with Gasteiger partial charge in [-0.15, -0.1) is 0 Å². The van der Waals surface area contributed by atoms with Gasteiger partial charge in [0.2, 0.25) is 0 Å². The number of ether oxygens (including phenoxy) is 4. The zero-order valence-corrected chi connectivity index (χ0v) is 19.4. The maximum atomic E-state index is 12.4. The molecule has 2 aromatic carbocycles. The highest BCUT2D eigenvalue weighted by atomic mass is 16.5. The van der Waals surface area contributed by atoms with E-state index >= 15 is 0 Å². The Balaban J connectivity index is 1.43. The molecule has 0 aliphatic carbocycles. The first-order chi connectivity index (χ1) is 17.0. The van der Waals surface area contributed by atoms with Crippen molar-refractivity contribution in [1.82, 2.24) is 5.32 Å². The van der Waals surface area contributed by atoms with Gasteiger partial charge in [-0.1, -0.05) is 6.07 Å². The third kappa shape index (κ3) is 5.88. The molecule has 1 N–H and O–H groups in total. The molecule has 0 spiro atoms. The van der Waals surface area contributed by atoms with Crippen LogP contribution in [0, 0.1) is 0 Å². The van der Waals surface area contributed by atoms with Crippen LogP contribution in [0.4, 0.5) is 0 Å². The largest absolute Gasteiger partial charge is 0.493 e. The Morgan fingerprint density at radius 1 is 1.09 bits per heavy atom. The molecule has 9 heteroatoms. The number of carbonyl (C=O) groups is 2. The molecule has 1 unspecified atom stereocenters. The Kier molecular flexibility index (Phi) is 7.47. The molecule has 35 heavy (non-hydrogen) atoms. The molecule has 0 saturated carbocycles. The zero-order chi connectivity index (χ0) is 24.8. The van der Waals surface area contributed by atoms with Gasteiger partial charge in [0.15, 0.2) is 11.5 Å². The van der Waals surface area contributed by atoms with Crippen LogP contribution in [0.3, 0.4) is 0 Å². The topological polar surface area (TPSA) is 113 Å². The smallest absolute Gasteiger partial charge is 0.349 e. The van der Waals surface area contributed by atoms with Crippen LogP contribution in [0.15, 0.2) is 57.8 Å². The Morgan fingerprint density at radius 2 is 1.91 bits per heavy atom. The molecular formula is C26H25NO8. The number of nitrogens with one attached hydrogen (secondary N) is 1. The van der Waals surface area contributed by atoms with E-state index in [0.717, 1.165) is 18.4 Å². The summed E-state index contributed by atoms with van der Waals surface area (Å²) in [5.41, 5.74) is 0.0338. The SMILES string of the molecule is COc1ccc(/C=C/C(=O)Oc2ccc3cc(C(=O)NCC4CCCO4)c(=O)oc3c2)cc1OC. The van der Waals surface area contributed by atoms with Gasteiger partial charge < -0.3 is 28.7 Å². The molecule has 1 aliphatic heterocycles. The number of carbonyl (C=O) groups excluding carboxylic acids is 2. The molecule has 1 fully saturated rings. The molecule has 0 bridgehead atoms. The van der Waals surface area contributed by atoms with Crippen LogP contribution in [0.25, 0.3) is 17.0 Å². The third-order valence-electron chi connectivity index (χ3n) is 5.50. The Bertz CT molecular complexity index is 1320. The van der Waals surface area contributed by atoms with Gasteiger partial charge in [-0.3, -0.25) is 4.79 Å². The van der Waals surface area contributed by atoms with Gasteiger partial charge in [-0.05, 0) is 54.8 Å². The lowest BCUT2D eigenvalue weighted by Crippen LogP contribution is -2.34. The van der Waals surface area contributed by atoms with Crippen LogP contribution in [-0.2, 0) is 9.53 Å². The van der Waals surface area contributed by atoms with Crippen molar-refractivity contribution in [2.75, 3.05) is 27.4 Å². The summed E-state index contributed by atoms with van der Waals surface area (Å²) >= 11 is 0. The quantitative estimate of drug-likeness (QED) is 0.227. The molecule has 0 radical (unpaired) electrons. The van der Waals surface area contributed by atoms with E-state index in [9.17, 15) is 14.4 Å². The van der Waals surface area contributed by atoms with Crippen molar-refractivity contribution in [3.63, 3.8) is 0 Å². The molecule has 4 rings (SSSR count). The summed E-state index contributed by atoms with van der Waals surface area (Å²) in [6, 6.07) is 11.3. The van der Waals surface area contributed by atoms with Gasteiger partial charge >= 0.3 is 11.6 Å². The van der Waals surface area contributed by atoms with E-state index in [1.807, 2.05) is 0 Å². The van der Waals surface area contributed by atoms with E-state index in [2.05, 4.69) is 5.32 Å². The molecular weight excluding hydrogens is 454 g/mol. The first kappa shape index (κ1) is 24.0. The van der Waals surface area contributed by atoms with Crippen LogP contribution < -0.4 is 25.2 Å². The minimum Gasteiger partial charge on any atom is -0.493 e. The average Bonchev–Trinajstić information content (AvgIpc) is 3.39. The lowest BCUT2D eigenvalue weighted by atomic mass is 10.1. The van der Waals surface area contributed by atoms with Crippen molar-refractivity contribution in [3.05, 3.63) is 70.1 Å². The highest BCUT2D eigenvalue weighted by Crippen LogP contribution is 2.28. The first-order valence-electron chi connectivity index (χ1n) is 11.1. The fourth-order valence-electron chi connectivity index (χ4n) is 3.69. The summed E-state index contributed by atoms with van der Waals surface area (Å²) in [6.07, 6.45) is 4.63. The molecule has 1 amide bonds. The van der Waals surface area contributed by atoms with Crippen molar-refractivity contribution >= 4 is 28.9 Å². The van der Waals surface area contributed by atoms with Crippen LogP contribution in [0.2, 0.25) is 0 Å². The van der Waals surface area contributed by atoms with E-state index < -0.39 is 17.5 Å². The number of amides is 1. The standard InChI is InChI=1S/C26H25NO8/c1-31-21-9-5-16(12-23(21)32-2)6-10-24(28)34-18-8-7-17-13-20(26(30)35-22(17)14-18)25(29)27-15-19-4-3-11-33-19/h5-10,12-14,19H,3-4,11,15H2,1-2H3,(H,27,29)/b10-6+. The third-order valence-corrected chi connectivity index (χ3v) is 5.50. The van der Waals surface area contributed by atoms with Crippen molar-refractivity contribution in [3.8, 4) is 17.2 Å². The maximum Gasteiger partial charge on any atom is 0.349 e. The van der Waals surface area contributed by atoms with Crippen LogP contribution >= 0.6 is 0 Å². The summed E-state index contributed by atoms with van der Waals surface area (Å²) in [5.74, 6) is 0.164. The fraction of sp³-hybridized carbons (Fsp3) is 0.269. The number of esters is 1. The summed E-state index contributed by atoms with van der Waals surface area (Å²) in [4.78, 5) is 37.1. The minimum absolute atomic E-state index is 0.0375. The maximum absolute atomic E-state index is 12.4. The molecule has 1 aromatic heterocycles. The van der Waals surface area contributed by atoms with Gasteiger partial charge in [0.25, 0.3) is 5.91 Å². The number of benzene rings is 2. The second-order valence-electron chi connectivity index (χ2n) is 7.86. The molecule has 182 valence electrons. The van der Waals surface area contributed by atoms with Gasteiger partial charge in [0, 0.05) is 30.7 Å². The van der Waals surface area contributed by atoms with Crippen molar-refractivity contribution in [2.45, 2.75) is 18.9 Å². The Morgan fingerprint density at radius 3 is 2.66 bits per heavy atom. The Hall–Kier alpha value is -4.11. The first-order valence-corrected chi connectivity index (χ1v) is 11.1. The van der Waals surface area contributed by atoms with Crippen molar-refractivity contribution < 1.29 is 33.0 Å². The monoisotopic (exact) mass is 479 g/mol. The molecule has 1 saturated heterocycles. The molecule has 2 heterocycles. The molecule has 1 aliphatic rings. The number of rotatable bonds is 8. The van der Waals surface area contributed by atoms with E-state index in [0.29, 0.717) is 30.0 Å². The highest BCUT2D eigenvalue weighted by Gasteiger charge is 2.19. The van der Waals surface area contributed by atoms with Crippen molar-refractivity contribution in [1.29, 1.82) is 0 Å². The second-order valence-corrected chi connectivity index (χ2v) is 7.86. The van der Waals surface area contributed by atoms with E-state index in [1.54, 1.807) is 43.5 Å². The van der Waals surface area contributed by atoms with E-state index in [1.165, 1.54) is 25.3 Å². The van der Waals surface area contributed by atoms with E-state index in [-0.39, 0.29) is 23.0 Å². The number of fused-ring (bicyclic) bond motifs is 1. The summed E-state index contributed by atoms with van der Waals surface area (Å²) in [7, 11) is 3.07. The average molecular weight is 479 g/mol. The van der Waals surface area contributed by atoms with Crippen molar-refractivity contribution in [2.24, 2.45) is 0 Å².